The Morgan fingerprint density at radius 3 is 3.00 bits per heavy atom. The molecule has 4 rings (SSSR count). The first-order valence-corrected chi connectivity index (χ1v) is 7.32. The van der Waals surface area contributed by atoms with Gasteiger partial charge in [0.2, 0.25) is 6.79 Å². The molecule has 6 nitrogen and oxygen atoms in total. The van der Waals surface area contributed by atoms with Crippen molar-refractivity contribution in [2.45, 2.75) is 6.61 Å². The average Bonchev–Trinajstić information content (AvgIpc) is 3.22. The van der Waals surface area contributed by atoms with Crippen LogP contribution in [-0.2, 0) is 11.3 Å². The first kappa shape index (κ1) is 14.2. The molecule has 0 atom stereocenters. The average molecular weight is 320 g/mol. The van der Waals surface area contributed by atoms with Crippen LogP contribution in [0.1, 0.15) is 21.5 Å². The van der Waals surface area contributed by atoms with Crippen molar-refractivity contribution in [1.29, 1.82) is 5.26 Å². The molecule has 0 saturated carbocycles. The molecule has 0 aliphatic carbocycles. The molecule has 0 radical (unpaired) electrons. The normalized spacial score (nSPS) is 12.1. The summed E-state index contributed by atoms with van der Waals surface area (Å²) in [4.78, 5) is 12.2. The van der Waals surface area contributed by atoms with Gasteiger partial charge in [0.15, 0.2) is 11.5 Å². The van der Waals surface area contributed by atoms with Gasteiger partial charge < -0.3 is 18.6 Å². The van der Waals surface area contributed by atoms with E-state index in [1.807, 2.05) is 28.8 Å². The fourth-order valence-electron chi connectivity index (χ4n) is 2.67. The van der Waals surface area contributed by atoms with E-state index in [4.69, 9.17) is 14.2 Å². The Hall–Kier alpha value is -3.46. The first-order chi connectivity index (χ1) is 11.8. The molecule has 0 spiro atoms. The zero-order valence-electron chi connectivity index (χ0n) is 12.6. The molecule has 0 unspecified atom stereocenters. The molecule has 0 N–H and O–H groups in total. The van der Waals surface area contributed by atoms with Gasteiger partial charge in [-0.2, -0.15) is 5.26 Å². The monoisotopic (exact) mass is 320 g/mol. The van der Waals surface area contributed by atoms with E-state index in [2.05, 4.69) is 6.07 Å². The van der Waals surface area contributed by atoms with Gasteiger partial charge in [0.05, 0.1) is 16.6 Å². The minimum absolute atomic E-state index is 0.0256. The number of fused-ring (bicyclic) bond motifs is 2. The maximum absolute atomic E-state index is 12.2. The molecule has 0 saturated heterocycles. The standard InChI is InChI=1S/C18H12N2O4/c19-8-14-13(9-20-6-2-1-3-15(14)20)10-22-18(21)12-4-5-16-17(7-12)24-11-23-16/h1-7,9H,10-11H2. The van der Waals surface area contributed by atoms with Crippen LogP contribution < -0.4 is 9.47 Å². The van der Waals surface area contributed by atoms with E-state index in [0.29, 0.717) is 28.2 Å². The summed E-state index contributed by atoms with van der Waals surface area (Å²) < 4.78 is 17.6. The number of hydrogen-bond donors (Lipinski definition) is 0. The highest BCUT2D eigenvalue weighted by molar-refractivity contribution is 5.90. The quantitative estimate of drug-likeness (QED) is 0.694. The van der Waals surface area contributed by atoms with Gasteiger partial charge in [-0.1, -0.05) is 6.07 Å². The van der Waals surface area contributed by atoms with Crippen LogP contribution in [0.5, 0.6) is 11.5 Å². The van der Waals surface area contributed by atoms with Crippen LogP contribution >= 0.6 is 0 Å². The van der Waals surface area contributed by atoms with Gasteiger partial charge in [0, 0.05) is 18.0 Å². The molecular formula is C18H12N2O4. The number of nitriles is 1. The third-order valence-corrected chi connectivity index (χ3v) is 3.84. The number of benzene rings is 1. The van der Waals surface area contributed by atoms with Gasteiger partial charge in [0.25, 0.3) is 0 Å². The van der Waals surface area contributed by atoms with Gasteiger partial charge in [0.1, 0.15) is 12.7 Å². The van der Waals surface area contributed by atoms with Crippen LogP contribution in [0.25, 0.3) is 5.52 Å². The molecule has 24 heavy (non-hydrogen) atoms. The topological polar surface area (TPSA) is 73.0 Å². The van der Waals surface area contributed by atoms with E-state index in [1.165, 1.54) is 0 Å². The Morgan fingerprint density at radius 2 is 2.12 bits per heavy atom. The molecule has 3 heterocycles. The van der Waals surface area contributed by atoms with Crippen LogP contribution in [0, 0.1) is 11.3 Å². The molecule has 1 aliphatic rings. The summed E-state index contributed by atoms with van der Waals surface area (Å²) in [6.45, 7) is 0.175. The number of carbonyl (C=O) groups excluding carboxylic acids is 1. The van der Waals surface area contributed by atoms with E-state index in [0.717, 1.165) is 5.52 Å². The lowest BCUT2D eigenvalue weighted by atomic mass is 10.2. The number of esters is 1. The van der Waals surface area contributed by atoms with Crippen LogP contribution in [-0.4, -0.2) is 17.2 Å². The van der Waals surface area contributed by atoms with E-state index >= 15 is 0 Å². The maximum atomic E-state index is 12.2. The van der Waals surface area contributed by atoms with Crippen LogP contribution in [0.15, 0.2) is 48.8 Å². The van der Waals surface area contributed by atoms with E-state index in [-0.39, 0.29) is 13.4 Å². The number of aromatic nitrogens is 1. The summed E-state index contributed by atoms with van der Waals surface area (Å²) >= 11 is 0. The maximum Gasteiger partial charge on any atom is 0.338 e. The summed E-state index contributed by atoms with van der Waals surface area (Å²) in [6.07, 6.45) is 3.64. The van der Waals surface area contributed by atoms with Crippen molar-refractivity contribution in [2.24, 2.45) is 0 Å². The van der Waals surface area contributed by atoms with Crippen molar-refractivity contribution in [3.63, 3.8) is 0 Å². The van der Waals surface area contributed by atoms with Crippen molar-refractivity contribution >= 4 is 11.5 Å². The van der Waals surface area contributed by atoms with Crippen LogP contribution in [0.4, 0.5) is 0 Å². The number of hydrogen-bond acceptors (Lipinski definition) is 5. The van der Waals surface area contributed by atoms with Crippen molar-refractivity contribution < 1.29 is 19.0 Å². The molecule has 2 aromatic heterocycles. The highest BCUT2D eigenvalue weighted by Gasteiger charge is 2.18. The fraction of sp³-hybridized carbons (Fsp3) is 0.111. The van der Waals surface area contributed by atoms with Crippen LogP contribution in [0.2, 0.25) is 0 Å². The Balaban J connectivity index is 1.55. The Labute approximate surface area is 137 Å². The van der Waals surface area contributed by atoms with Gasteiger partial charge in [-0.05, 0) is 30.3 Å². The van der Waals surface area contributed by atoms with Gasteiger partial charge in [-0.25, -0.2) is 4.79 Å². The number of nitrogens with zero attached hydrogens (tertiary/aromatic N) is 2. The number of pyridine rings is 1. The second-order valence-electron chi connectivity index (χ2n) is 5.28. The molecule has 6 heteroatoms. The molecule has 1 aliphatic heterocycles. The molecule has 0 amide bonds. The second kappa shape index (κ2) is 5.63. The van der Waals surface area contributed by atoms with Crippen molar-refractivity contribution in [3.05, 3.63) is 65.5 Å². The zero-order valence-corrected chi connectivity index (χ0v) is 12.6. The Morgan fingerprint density at radius 1 is 1.25 bits per heavy atom. The number of rotatable bonds is 3. The summed E-state index contributed by atoms with van der Waals surface area (Å²) in [6, 6.07) is 12.6. The molecule has 1 aromatic carbocycles. The fourth-order valence-corrected chi connectivity index (χ4v) is 2.67. The van der Waals surface area contributed by atoms with Crippen molar-refractivity contribution in [2.75, 3.05) is 6.79 Å². The van der Waals surface area contributed by atoms with Gasteiger partial charge in [-0.15, -0.1) is 0 Å². The summed E-state index contributed by atoms with van der Waals surface area (Å²) in [5.41, 5.74) is 2.34. The van der Waals surface area contributed by atoms with Crippen molar-refractivity contribution in [1.82, 2.24) is 4.40 Å². The smallest absolute Gasteiger partial charge is 0.338 e. The number of ether oxygens (including phenoxy) is 3. The minimum Gasteiger partial charge on any atom is -0.457 e. The number of carbonyl (C=O) groups is 1. The summed E-state index contributed by atoms with van der Waals surface area (Å²) in [5, 5.41) is 9.36. The van der Waals surface area contributed by atoms with Gasteiger partial charge in [-0.3, -0.25) is 0 Å². The largest absolute Gasteiger partial charge is 0.457 e. The van der Waals surface area contributed by atoms with E-state index in [1.54, 1.807) is 24.4 Å². The van der Waals surface area contributed by atoms with Crippen molar-refractivity contribution in [3.8, 4) is 17.6 Å². The SMILES string of the molecule is N#Cc1c(COC(=O)c2ccc3c(c2)OCO3)cn2ccccc12. The molecular weight excluding hydrogens is 308 g/mol. The third-order valence-electron chi connectivity index (χ3n) is 3.84. The summed E-state index contributed by atoms with van der Waals surface area (Å²) in [5.74, 6) is 0.654. The predicted molar refractivity (Wildman–Crippen MR) is 83.8 cm³/mol. The predicted octanol–water partition coefficient (Wildman–Crippen LogP) is 2.90. The summed E-state index contributed by atoms with van der Waals surface area (Å²) in [7, 11) is 0. The second-order valence-corrected chi connectivity index (χ2v) is 5.28. The van der Waals surface area contributed by atoms with Gasteiger partial charge >= 0.3 is 5.97 Å². The lowest BCUT2D eigenvalue weighted by Crippen LogP contribution is -2.05. The molecule has 3 aromatic rings. The van der Waals surface area contributed by atoms with E-state index in [9.17, 15) is 10.1 Å². The first-order valence-electron chi connectivity index (χ1n) is 7.32. The molecule has 0 fully saturated rings. The highest BCUT2D eigenvalue weighted by Crippen LogP contribution is 2.32. The molecule has 0 bridgehead atoms. The van der Waals surface area contributed by atoms with E-state index < -0.39 is 5.97 Å². The lowest BCUT2D eigenvalue weighted by Gasteiger charge is -2.05. The van der Waals surface area contributed by atoms with Crippen LogP contribution in [0.3, 0.4) is 0 Å². The Bertz CT molecular complexity index is 984. The Kier molecular flexibility index (Phi) is 3.32. The lowest BCUT2D eigenvalue weighted by molar-refractivity contribution is 0.0472. The highest BCUT2D eigenvalue weighted by atomic mass is 16.7. The molecule has 118 valence electrons. The zero-order chi connectivity index (χ0) is 16.5. The third kappa shape index (κ3) is 2.32. The minimum atomic E-state index is -0.479.